The molecule has 1 saturated carbocycles. The Hall–Kier alpha value is -2.47. The topological polar surface area (TPSA) is 69.7 Å². The van der Waals surface area contributed by atoms with Crippen LogP contribution in [-0.4, -0.2) is 46.7 Å². The highest BCUT2D eigenvalue weighted by atomic mass is 16.2. The molecule has 1 aromatic rings. The van der Waals surface area contributed by atoms with Crippen molar-refractivity contribution in [2.24, 2.45) is 23.7 Å². The van der Waals surface area contributed by atoms with Gasteiger partial charge in [0.2, 0.25) is 17.7 Å². The summed E-state index contributed by atoms with van der Waals surface area (Å²) in [5.41, 5.74) is 1.88. The molecule has 3 amide bonds. The van der Waals surface area contributed by atoms with E-state index in [0.717, 1.165) is 31.6 Å². The molecule has 164 valence electrons. The van der Waals surface area contributed by atoms with Gasteiger partial charge in [-0.25, -0.2) is 0 Å². The normalized spacial score (nSPS) is 31.1. The first-order valence-electron chi connectivity index (χ1n) is 11.7. The maximum atomic E-state index is 13.0. The Morgan fingerprint density at radius 2 is 1.68 bits per heavy atom. The largest absolute Gasteiger partial charge is 0.324 e. The molecule has 0 unspecified atom stereocenters. The first-order chi connectivity index (χ1) is 15.0. The average molecular weight is 422 g/mol. The third kappa shape index (κ3) is 3.71. The van der Waals surface area contributed by atoms with E-state index < -0.39 is 6.04 Å². The van der Waals surface area contributed by atoms with Gasteiger partial charge in [0.15, 0.2) is 0 Å². The lowest BCUT2D eigenvalue weighted by atomic mass is 9.85. The van der Waals surface area contributed by atoms with Crippen LogP contribution in [0.3, 0.4) is 0 Å². The third-order valence-electron chi connectivity index (χ3n) is 7.57. The number of rotatable bonds is 5. The van der Waals surface area contributed by atoms with Crippen LogP contribution in [0.2, 0.25) is 0 Å². The quantitative estimate of drug-likeness (QED) is 0.586. The van der Waals surface area contributed by atoms with Crippen LogP contribution in [0.1, 0.15) is 44.6 Å². The van der Waals surface area contributed by atoms with E-state index in [1.165, 1.54) is 30.6 Å². The van der Waals surface area contributed by atoms with Crippen LogP contribution in [0.15, 0.2) is 36.4 Å². The molecule has 3 fully saturated rings. The Labute approximate surface area is 183 Å². The summed E-state index contributed by atoms with van der Waals surface area (Å²) in [6, 6.07) is 7.10. The number of anilines is 1. The molecule has 0 spiro atoms. The average Bonchev–Trinajstić information content (AvgIpc) is 3.37. The highest BCUT2D eigenvalue weighted by Crippen LogP contribution is 2.52. The number of nitrogens with zero attached hydrogens (tertiary/aromatic N) is 2. The lowest BCUT2D eigenvalue weighted by molar-refractivity contribution is -0.146. The van der Waals surface area contributed by atoms with Gasteiger partial charge >= 0.3 is 0 Å². The lowest BCUT2D eigenvalue weighted by Crippen LogP contribution is -2.46. The summed E-state index contributed by atoms with van der Waals surface area (Å²) in [6.07, 6.45) is 10.1. The molecule has 2 heterocycles. The van der Waals surface area contributed by atoms with E-state index in [-0.39, 0.29) is 41.4 Å². The highest BCUT2D eigenvalue weighted by molar-refractivity contribution is 6.10. The molecule has 1 aromatic carbocycles. The second kappa shape index (κ2) is 8.23. The Bertz CT molecular complexity index is 888. The van der Waals surface area contributed by atoms with E-state index in [0.29, 0.717) is 5.69 Å². The van der Waals surface area contributed by atoms with Crippen molar-refractivity contribution in [3.05, 3.63) is 42.0 Å². The number of allylic oxidation sites excluding steroid dienone is 2. The fourth-order valence-corrected chi connectivity index (χ4v) is 5.97. The first kappa shape index (κ1) is 20.4. The summed E-state index contributed by atoms with van der Waals surface area (Å²) in [6.45, 7) is 4.77. The van der Waals surface area contributed by atoms with Gasteiger partial charge in [-0.3, -0.25) is 24.2 Å². The molecule has 4 aliphatic rings. The fraction of sp³-hybridized carbons (Fsp3) is 0.560. The molecule has 5 atom stereocenters. The SMILES string of the molecule is C[C@H](C(=O)Nc1cccc(CN2CCCCCC2)c1)N1C(=O)[C@@H]2[C@@H](C1=O)[C@H]1C=C[C@H]2C1. The number of amides is 3. The molecule has 31 heavy (non-hydrogen) atoms. The molecule has 6 nitrogen and oxygen atoms in total. The highest BCUT2D eigenvalue weighted by Gasteiger charge is 2.60. The minimum absolute atomic E-state index is 0.155. The Balaban J connectivity index is 1.24. The Kier molecular flexibility index (Phi) is 5.42. The molecule has 2 aliphatic carbocycles. The lowest BCUT2D eigenvalue weighted by Gasteiger charge is -2.24. The van der Waals surface area contributed by atoms with Crippen molar-refractivity contribution in [1.82, 2.24) is 9.80 Å². The second-order valence-electron chi connectivity index (χ2n) is 9.60. The van der Waals surface area contributed by atoms with Crippen molar-refractivity contribution in [3.63, 3.8) is 0 Å². The van der Waals surface area contributed by atoms with Crippen molar-refractivity contribution < 1.29 is 14.4 Å². The van der Waals surface area contributed by atoms with Crippen molar-refractivity contribution in [1.29, 1.82) is 0 Å². The molecule has 0 radical (unpaired) electrons. The molecule has 1 N–H and O–H groups in total. The summed E-state index contributed by atoms with van der Waals surface area (Å²) >= 11 is 0. The molecule has 2 aliphatic heterocycles. The number of fused-ring (bicyclic) bond motifs is 5. The van der Waals surface area contributed by atoms with Crippen LogP contribution in [0, 0.1) is 23.7 Å². The van der Waals surface area contributed by atoms with Crippen molar-refractivity contribution in [3.8, 4) is 0 Å². The Morgan fingerprint density at radius 3 is 2.32 bits per heavy atom. The van der Waals surface area contributed by atoms with Gasteiger partial charge in [-0.05, 0) is 68.8 Å². The van der Waals surface area contributed by atoms with Crippen molar-refractivity contribution >= 4 is 23.4 Å². The van der Waals surface area contributed by atoms with Crippen LogP contribution in [0.5, 0.6) is 0 Å². The maximum Gasteiger partial charge on any atom is 0.247 e. The molecular weight excluding hydrogens is 390 g/mol. The summed E-state index contributed by atoms with van der Waals surface area (Å²) < 4.78 is 0. The zero-order valence-electron chi connectivity index (χ0n) is 18.1. The minimum atomic E-state index is -0.806. The summed E-state index contributed by atoms with van der Waals surface area (Å²) in [4.78, 5) is 42.6. The molecule has 5 rings (SSSR count). The van der Waals surface area contributed by atoms with Gasteiger partial charge in [0.05, 0.1) is 11.8 Å². The van der Waals surface area contributed by atoms with E-state index in [9.17, 15) is 14.4 Å². The molecule has 2 bridgehead atoms. The Morgan fingerprint density at radius 1 is 1.03 bits per heavy atom. The van der Waals surface area contributed by atoms with Crippen molar-refractivity contribution in [2.45, 2.75) is 51.6 Å². The number of carbonyl (C=O) groups is 3. The van der Waals surface area contributed by atoms with Crippen LogP contribution in [-0.2, 0) is 20.9 Å². The zero-order valence-corrected chi connectivity index (χ0v) is 18.1. The zero-order chi connectivity index (χ0) is 21.5. The number of likely N-dealkylation sites (tertiary alicyclic amines) is 2. The fourth-order valence-electron chi connectivity index (χ4n) is 5.97. The van der Waals surface area contributed by atoms with E-state index in [1.807, 2.05) is 18.2 Å². The number of carbonyl (C=O) groups excluding carboxylic acids is 3. The first-order valence-corrected chi connectivity index (χ1v) is 11.7. The number of imide groups is 1. The molecular formula is C25H31N3O3. The number of hydrogen-bond acceptors (Lipinski definition) is 4. The van der Waals surface area contributed by atoms with E-state index >= 15 is 0 Å². The summed E-state index contributed by atoms with van der Waals surface area (Å²) in [7, 11) is 0. The number of nitrogens with one attached hydrogen (secondary N) is 1. The van der Waals surface area contributed by atoms with Gasteiger partial charge in [0, 0.05) is 12.2 Å². The van der Waals surface area contributed by atoms with Gasteiger partial charge in [0.1, 0.15) is 6.04 Å². The standard InChI is InChI=1S/C25H31N3O3/c1-16(28-24(30)21-18-9-10-19(14-18)22(21)25(28)31)23(29)26-20-8-6-7-17(13-20)15-27-11-4-2-3-5-12-27/h6-10,13,16,18-19,21-22H,2-5,11-12,14-15H2,1H3,(H,26,29)/t16-,18+,19+,21+,22+/m1/s1. The van der Waals surface area contributed by atoms with Crippen LogP contribution >= 0.6 is 0 Å². The van der Waals surface area contributed by atoms with E-state index in [2.05, 4.69) is 28.4 Å². The summed E-state index contributed by atoms with van der Waals surface area (Å²) in [5.74, 6) is -0.892. The van der Waals surface area contributed by atoms with Crippen molar-refractivity contribution in [2.75, 3.05) is 18.4 Å². The van der Waals surface area contributed by atoms with E-state index in [1.54, 1.807) is 6.92 Å². The molecule has 2 saturated heterocycles. The van der Waals surface area contributed by atoms with Gasteiger partial charge in [0.25, 0.3) is 0 Å². The van der Waals surface area contributed by atoms with Gasteiger partial charge < -0.3 is 5.32 Å². The molecule has 0 aromatic heterocycles. The maximum absolute atomic E-state index is 13.0. The number of hydrogen-bond donors (Lipinski definition) is 1. The molecule has 6 heteroatoms. The van der Waals surface area contributed by atoms with Gasteiger partial charge in [-0.15, -0.1) is 0 Å². The van der Waals surface area contributed by atoms with Gasteiger partial charge in [-0.1, -0.05) is 37.1 Å². The van der Waals surface area contributed by atoms with Crippen LogP contribution < -0.4 is 5.32 Å². The smallest absolute Gasteiger partial charge is 0.247 e. The second-order valence-corrected chi connectivity index (χ2v) is 9.60. The monoisotopic (exact) mass is 421 g/mol. The predicted octanol–water partition coefficient (Wildman–Crippen LogP) is 3.20. The predicted molar refractivity (Wildman–Crippen MR) is 118 cm³/mol. The van der Waals surface area contributed by atoms with Crippen LogP contribution in [0.4, 0.5) is 5.69 Å². The van der Waals surface area contributed by atoms with E-state index in [4.69, 9.17) is 0 Å². The van der Waals surface area contributed by atoms with Gasteiger partial charge in [-0.2, -0.15) is 0 Å². The van der Waals surface area contributed by atoms with Crippen LogP contribution in [0.25, 0.3) is 0 Å². The third-order valence-corrected chi connectivity index (χ3v) is 7.57. The number of benzene rings is 1. The summed E-state index contributed by atoms with van der Waals surface area (Å²) in [5, 5.41) is 2.93. The minimum Gasteiger partial charge on any atom is -0.324 e.